The fourth-order valence-electron chi connectivity index (χ4n) is 2.02. The Labute approximate surface area is 121 Å². The fraction of sp³-hybridized carbons (Fsp3) is 0.357. The summed E-state index contributed by atoms with van der Waals surface area (Å²) >= 11 is 3.44. The molecular weight excluding hydrogens is 309 g/mol. The van der Waals surface area contributed by atoms with Crippen molar-refractivity contribution in [1.82, 2.24) is 15.1 Å². The number of rotatable bonds is 5. The van der Waals surface area contributed by atoms with Gasteiger partial charge >= 0.3 is 0 Å². The van der Waals surface area contributed by atoms with Crippen molar-refractivity contribution in [1.29, 1.82) is 0 Å². The summed E-state index contributed by atoms with van der Waals surface area (Å²) in [6.07, 6.45) is 4.85. The number of aromatic nitrogens is 2. The monoisotopic (exact) mass is 325 g/mol. The Morgan fingerprint density at radius 2 is 2.26 bits per heavy atom. The Hall–Kier alpha value is -1.20. The van der Waals surface area contributed by atoms with Crippen molar-refractivity contribution in [2.45, 2.75) is 19.4 Å². The molecule has 2 aromatic rings. The molecular formula is C14H17BrFN3. The zero-order valence-electron chi connectivity index (χ0n) is 11.0. The maximum atomic E-state index is 13.2. The van der Waals surface area contributed by atoms with Crippen molar-refractivity contribution in [3.8, 4) is 0 Å². The Bertz CT molecular complexity index is 553. The summed E-state index contributed by atoms with van der Waals surface area (Å²) in [5, 5.41) is 7.68. The molecule has 5 heteroatoms. The van der Waals surface area contributed by atoms with E-state index in [0.717, 1.165) is 28.6 Å². The Balaban J connectivity index is 2.36. The Morgan fingerprint density at radius 1 is 1.47 bits per heavy atom. The molecule has 1 N–H and O–H groups in total. The number of nitrogens with zero attached hydrogens (tertiary/aromatic N) is 2. The van der Waals surface area contributed by atoms with E-state index in [0.29, 0.717) is 0 Å². The normalized spacial score (nSPS) is 12.6. The first-order chi connectivity index (χ1) is 9.11. The summed E-state index contributed by atoms with van der Waals surface area (Å²) < 4.78 is 15.7. The molecule has 1 aromatic carbocycles. The highest BCUT2D eigenvalue weighted by Gasteiger charge is 2.17. The van der Waals surface area contributed by atoms with Crippen molar-refractivity contribution >= 4 is 15.9 Å². The van der Waals surface area contributed by atoms with Gasteiger partial charge in [0.25, 0.3) is 0 Å². The molecule has 0 saturated carbocycles. The summed E-state index contributed by atoms with van der Waals surface area (Å²) in [6.45, 7) is 3.01. The standard InChI is InChI=1S/C14H17BrFN3/c1-3-6-17-14(10-8-18-19(2)9-10)12-5-4-11(16)7-13(12)15/h4-5,7-9,14,17H,3,6H2,1-2H3. The molecule has 0 saturated heterocycles. The lowest BCUT2D eigenvalue weighted by Gasteiger charge is -2.19. The van der Waals surface area contributed by atoms with E-state index in [1.54, 1.807) is 10.7 Å². The number of benzene rings is 1. The van der Waals surface area contributed by atoms with Gasteiger partial charge in [-0.2, -0.15) is 5.10 Å². The SMILES string of the molecule is CCCNC(c1cnn(C)c1)c1ccc(F)cc1Br. The molecule has 2 rings (SSSR count). The van der Waals surface area contributed by atoms with Gasteiger partial charge in [0.2, 0.25) is 0 Å². The maximum absolute atomic E-state index is 13.2. The first kappa shape index (κ1) is 14.2. The van der Waals surface area contributed by atoms with E-state index in [4.69, 9.17) is 0 Å². The lowest BCUT2D eigenvalue weighted by Crippen LogP contribution is -2.23. The molecule has 1 aromatic heterocycles. The molecule has 0 spiro atoms. The van der Waals surface area contributed by atoms with Crippen molar-refractivity contribution in [2.24, 2.45) is 7.05 Å². The second-order valence-corrected chi connectivity index (χ2v) is 5.35. The molecule has 0 amide bonds. The van der Waals surface area contributed by atoms with Crippen LogP contribution in [0.2, 0.25) is 0 Å². The van der Waals surface area contributed by atoms with Crippen molar-refractivity contribution in [2.75, 3.05) is 6.54 Å². The summed E-state index contributed by atoms with van der Waals surface area (Å²) in [7, 11) is 1.89. The van der Waals surface area contributed by atoms with Crippen LogP contribution in [0.3, 0.4) is 0 Å². The van der Waals surface area contributed by atoms with Crippen LogP contribution in [0, 0.1) is 5.82 Å². The number of nitrogens with one attached hydrogen (secondary N) is 1. The molecule has 0 bridgehead atoms. The van der Waals surface area contributed by atoms with E-state index >= 15 is 0 Å². The molecule has 1 unspecified atom stereocenters. The van der Waals surface area contributed by atoms with Gasteiger partial charge in [-0.3, -0.25) is 4.68 Å². The van der Waals surface area contributed by atoms with Crippen LogP contribution in [-0.2, 0) is 7.05 Å². The molecule has 0 aliphatic carbocycles. The van der Waals surface area contributed by atoms with Gasteiger partial charge in [-0.1, -0.05) is 28.9 Å². The highest BCUT2D eigenvalue weighted by atomic mass is 79.9. The minimum atomic E-state index is -0.240. The molecule has 19 heavy (non-hydrogen) atoms. The molecule has 1 atom stereocenters. The molecule has 102 valence electrons. The lowest BCUT2D eigenvalue weighted by molar-refractivity contribution is 0.590. The van der Waals surface area contributed by atoms with E-state index in [1.807, 2.05) is 19.4 Å². The number of hydrogen-bond acceptors (Lipinski definition) is 2. The van der Waals surface area contributed by atoms with Gasteiger partial charge in [0.1, 0.15) is 5.82 Å². The Kier molecular flexibility index (Phi) is 4.71. The zero-order valence-corrected chi connectivity index (χ0v) is 12.6. The van der Waals surface area contributed by atoms with Crippen LogP contribution >= 0.6 is 15.9 Å². The van der Waals surface area contributed by atoms with Crippen LogP contribution in [0.4, 0.5) is 4.39 Å². The molecule has 0 fully saturated rings. The summed E-state index contributed by atoms with van der Waals surface area (Å²) in [5.41, 5.74) is 2.09. The second kappa shape index (κ2) is 6.30. The van der Waals surface area contributed by atoms with Gasteiger partial charge < -0.3 is 5.32 Å². The van der Waals surface area contributed by atoms with Gasteiger partial charge in [0, 0.05) is 23.3 Å². The predicted molar refractivity (Wildman–Crippen MR) is 77.4 cm³/mol. The molecule has 0 aliphatic heterocycles. The quantitative estimate of drug-likeness (QED) is 0.912. The molecule has 0 aliphatic rings. The number of halogens is 2. The zero-order chi connectivity index (χ0) is 13.8. The van der Waals surface area contributed by atoms with E-state index in [-0.39, 0.29) is 11.9 Å². The largest absolute Gasteiger partial charge is 0.306 e. The summed E-state index contributed by atoms with van der Waals surface area (Å²) in [6, 6.07) is 4.80. The third kappa shape index (κ3) is 3.42. The van der Waals surface area contributed by atoms with Crippen LogP contribution in [0.5, 0.6) is 0 Å². The first-order valence-electron chi connectivity index (χ1n) is 6.28. The van der Waals surface area contributed by atoms with E-state index in [1.165, 1.54) is 12.1 Å². The fourth-order valence-corrected chi connectivity index (χ4v) is 2.60. The van der Waals surface area contributed by atoms with Crippen LogP contribution in [0.1, 0.15) is 30.5 Å². The molecule has 1 heterocycles. The molecule has 3 nitrogen and oxygen atoms in total. The van der Waals surface area contributed by atoms with Gasteiger partial charge in [-0.15, -0.1) is 0 Å². The van der Waals surface area contributed by atoms with Crippen molar-refractivity contribution < 1.29 is 4.39 Å². The van der Waals surface area contributed by atoms with Gasteiger partial charge in [-0.05, 0) is 30.7 Å². The van der Waals surface area contributed by atoms with E-state index in [2.05, 4.69) is 33.3 Å². The predicted octanol–water partition coefficient (Wildman–Crippen LogP) is 3.41. The Morgan fingerprint density at radius 3 is 2.84 bits per heavy atom. The smallest absolute Gasteiger partial charge is 0.124 e. The lowest BCUT2D eigenvalue weighted by atomic mass is 10.0. The van der Waals surface area contributed by atoms with Gasteiger partial charge in [0.15, 0.2) is 0 Å². The minimum Gasteiger partial charge on any atom is -0.306 e. The number of aryl methyl sites for hydroxylation is 1. The van der Waals surface area contributed by atoms with Crippen LogP contribution in [-0.4, -0.2) is 16.3 Å². The second-order valence-electron chi connectivity index (χ2n) is 4.50. The van der Waals surface area contributed by atoms with Crippen molar-refractivity contribution in [3.05, 3.63) is 52.0 Å². The average molecular weight is 326 g/mol. The van der Waals surface area contributed by atoms with E-state index in [9.17, 15) is 4.39 Å². The highest BCUT2D eigenvalue weighted by Crippen LogP contribution is 2.29. The van der Waals surface area contributed by atoms with Crippen LogP contribution in [0.25, 0.3) is 0 Å². The molecule has 0 radical (unpaired) electrons. The van der Waals surface area contributed by atoms with Crippen LogP contribution < -0.4 is 5.32 Å². The third-order valence-electron chi connectivity index (χ3n) is 2.93. The highest BCUT2D eigenvalue weighted by molar-refractivity contribution is 9.10. The van der Waals surface area contributed by atoms with Gasteiger partial charge in [-0.25, -0.2) is 4.39 Å². The summed E-state index contributed by atoms with van der Waals surface area (Å²) in [5.74, 6) is -0.240. The summed E-state index contributed by atoms with van der Waals surface area (Å²) in [4.78, 5) is 0. The van der Waals surface area contributed by atoms with Crippen molar-refractivity contribution in [3.63, 3.8) is 0 Å². The third-order valence-corrected chi connectivity index (χ3v) is 3.62. The maximum Gasteiger partial charge on any atom is 0.124 e. The topological polar surface area (TPSA) is 29.9 Å². The first-order valence-corrected chi connectivity index (χ1v) is 7.08. The van der Waals surface area contributed by atoms with E-state index < -0.39 is 0 Å². The average Bonchev–Trinajstić information content (AvgIpc) is 2.78. The van der Waals surface area contributed by atoms with Gasteiger partial charge in [0.05, 0.1) is 12.2 Å². The minimum absolute atomic E-state index is 0.0172. The van der Waals surface area contributed by atoms with Crippen LogP contribution in [0.15, 0.2) is 35.1 Å². The number of hydrogen-bond donors (Lipinski definition) is 1.